The number of anilines is 3. The number of fused-ring (bicyclic) bond motifs is 1. The van der Waals surface area contributed by atoms with Gasteiger partial charge in [0.25, 0.3) is 0 Å². The van der Waals surface area contributed by atoms with E-state index < -0.39 is 0 Å². The third kappa shape index (κ3) is 3.33. The summed E-state index contributed by atoms with van der Waals surface area (Å²) in [4.78, 5) is 17.0. The number of nitrogens with one attached hydrogen (secondary N) is 1. The Morgan fingerprint density at radius 3 is 2.58 bits per heavy atom. The van der Waals surface area contributed by atoms with Crippen LogP contribution in [0.3, 0.4) is 0 Å². The number of piperazine rings is 1. The smallest absolute Gasteiger partial charge is 0.227 e. The first kappa shape index (κ1) is 17.1. The Labute approximate surface area is 155 Å². The van der Waals surface area contributed by atoms with Gasteiger partial charge in [-0.05, 0) is 38.1 Å². The predicted molar refractivity (Wildman–Crippen MR) is 109 cm³/mol. The van der Waals surface area contributed by atoms with E-state index in [0.29, 0.717) is 0 Å². The quantitative estimate of drug-likeness (QED) is 0.857. The van der Waals surface area contributed by atoms with Gasteiger partial charge in [-0.25, -0.2) is 4.98 Å². The number of hydrogen-bond acceptors (Lipinski definition) is 6. The van der Waals surface area contributed by atoms with Gasteiger partial charge in [-0.15, -0.1) is 0 Å². The third-order valence-corrected chi connectivity index (χ3v) is 5.41. The second-order valence-electron chi connectivity index (χ2n) is 7.39. The minimum Gasteiger partial charge on any atom is -0.388 e. The van der Waals surface area contributed by atoms with Crippen LogP contribution in [0.2, 0.25) is 0 Å². The van der Waals surface area contributed by atoms with Crippen molar-refractivity contribution in [3.63, 3.8) is 0 Å². The molecule has 0 atom stereocenters. The molecule has 2 aliphatic rings. The average Bonchev–Trinajstić information content (AvgIpc) is 2.67. The van der Waals surface area contributed by atoms with Crippen LogP contribution >= 0.6 is 0 Å². The number of piperidine rings is 1. The molecule has 3 heterocycles. The topological polar surface area (TPSA) is 47.5 Å². The molecular weight excluding hydrogens is 324 g/mol. The van der Waals surface area contributed by atoms with Crippen LogP contribution in [0.15, 0.2) is 30.4 Å². The summed E-state index contributed by atoms with van der Waals surface area (Å²) in [5, 5.41) is 4.34. The first-order chi connectivity index (χ1) is 12.6. The van der Waals surface area contributed by atoms with Gasteiger partial charge in [-0.3, -0.25) is 0 Å². The van der Waals surface area contributed by atoms with E-state index in [1.807, 2.05) is 7.05 Å². The maximum Gasteiger partial charge on any atom is 0.227 e. The summed E-state index contributed by atoms with van der Waals surface area (Å²) in [6, 6.07) is 6.37. The Hall–Kier alpha value is -2.34. The normalized spacial score (nSPS) is 19.2. The Bertz CT molecular complexity index is 809. The molecule has 26 heavy (non-hydrogen) atoms. The summed E-state index contributed by atoms with van der Waals surface area (Å²) in [5.41, 5.74) is 3.37. The monoisotopic (exact) mass is 352 g/mol. The zero-order valence-corrected chi connectivity index (χ0v) is 15.8. The van der Waals surface area contributed by atoms with Crippen LogP contribution in [0.4, 0.5) is 17.5 Å². The van der Waals surface area contributed by atoms with Gasteiger partial charge in [0.1, 0.15) is 5.82 Å². The molecule has 0 bridgehead atoms. The maximum atomic E-state index is 5.02. The van der Waals surface area contributed by atoms with E-state index in [-0.39, 0.29) is 0 Å². The number of hydrogen-bond donors (Lipinski definition) is 1. The molecule has 138 valence electrons. The van der Waals surface area contributed by atoms with E-state index in [1.54, 1.807) is 0 Å². The van der Waals surface area contributed by atoms with Crippen molar-refractivity contribution >= 4 is 28.4 Å². The van der Waals surface area contributed by atoms with E-state index in [4.69, 9.17) is 9.97 Å². The molecule has 0 saturated carbocycles. The fourth-order valence-corrected chi connectivity index (χ4v) is 3.77. The highest BCUT2D eigenvalue weighted by atomic mass is 15.3. The second kappa shape index (κ2) is 7.11. The first-order valence-corrected chi connectivity index (χ1v) is 9.48. The lowest BCUT2D eigenvalue weighted by molar-refractivity contribution is 0.311. The molecule has 6 heteroatoms. The molecule has 1 aromatic carbocycles. The molecule has 2 saturated heterocycles. The average molecular weight is 352 g/mol. The van der Waals surface area contributed by atoms with Gasteiger partial charge in [-0.1, -0.05) is 12.2 Å². The SMILES string of the molecule is C=C1CCCN(c2nc(N3CCN(C)CC3)nc3cc(NC)ccc23)C1. The fourth-order valence-electron chi connectivity index (χ4n) is 3.77. The molecule has 0 spiro atoms. The minimum absolute atomic E-state index is 0.852. The molecule has 0 aliphatic carbocycles. The van der Waals surface area contributed by atoms with Crippen LogP contribution in [0, 0.1) is 0 Å². The number of likely N-dealkylation sites (N-methyl/N-ethyl adjacent to an activating group) is 1. The van der Waals surface area contributed by atoms with E-state index in [2.05, 4.69) is 51.8 Å². The fraction of sp³-hybridized carbons (Fsp3) is 0.500. The summed E-state index contributed by atoms with van der Waals surface area (Å²) in [6.45, 7) is 10.2. The van der Waals surface area contributed by atoms with Crippen LogP contribution in [-0.4, -0.2) is 68.2 Å². The van der Waals surface area contributed by atoms with Crippen molar-refractivity contribution in [2.75, 3.05) is 68.5 Å². The van der Waals surface area contributed by atoms with E-state index >= 15 is 0 Å². The lowest BCUT2D eigenvalue weighted by Crippen LogP contribution is -2.45. The van der Waals surface area contributed by atoms with Gasteiger partial charge >= 0.3 is 0 Å². The Morgan fingerprint density at radius 2 is 1.85 bits per heavy atom. The Kier molecular flexibility index (Phi) is 4.68. The molecule has 0 unspecified atom stereocenters. The lowest BCUT2D eigenvalue weighted by Gasteiger charge is -2.34. The molecule has 2 aliphatic heterocycles. The summed E-state index contributed by atoms with van der Waals surface area (Å²) >= 11 is 0. The summed E-state index contributed by atoms with van der Waals surface area (Å²) in [6.07, 6.45) is 2.26. The molecule has 0 radical (unpaired) electrons. The molecular formula is C20H28N6. The standard InChI is InChI=1S/C20H28N6/c1-15-5-4-8-26(14-15)19-17-7-6-16(21-2)13-18(17)22-20(23-19)25-11-9-24(3)10-12-25/h6-7,13,21H,1,4-5,8-12,14H2,2-3H3. The zero-order chi connectivity index (χ0) is 18.1. The van der Waals surface area contributed by atoms with Gasteiger partial charge in [0.15, 0.2) is 0 Å². The van der Waals surface area contributed by atoms with Gasteiger partial charge in [-0.2, -0.15) is 4.98 Å². The van der Waals surface area contributed by atoms with Crippen molar-refractivity contribution in [3.8, 4) is 0 Å². The minimum atomic E-state index is 0.852. The summed E-state index contributed by atoms with van der Waals surface area (Å²) in [7, 11) is 4.11. The molecule has 2 aromatic rings. The molecule has 1 N–H and O–H groups in total. The van der Waals surface area contributed by atoms with Gasteiger partial charge in [0, 0.05) is 57.4 Å². The van der Waals surface area contributed by atoms with Crippen LogP contribution < -0.4 is 15.1 Å². The molecule has 4 rings (SSSR count). The molecule has 2 fully saturated rings. The van der Waals surface area contributed by atoms with Crippen LogP contribution in [0.1, 0.15) is 12.8 Å². The highest BCUT2D eigenvalue weighted by Crippen LogP contribution is 2.31. The first-order valence-electron chi connectivity index (χ1n) is 9.48. The van der Waals surface area contributed by atoms with Gasteiger partial charge < -0.3 is 20.0 Å². The van der Waals surface area contributed by atoms with E-state index in [9.17, 15) is 0 Å². The predicted octanol–water partition coefficient (Wildman–Crippen LogP) is 2.58. The van der Waals surface area contributed by atoms with Crippen LogP contribution in [0.25, 0.3) is 10.9 Å². The number of rotatable bonds is 3. The van der Waals surface area contributed by atoms with Crippen LogP contribution in [-0.2, 0) is 0 Å². The van der Waals surface area contributed by atoms with Crippen molar-refractivity contribution in [2.45, 2.75) is 12.8 Å². The largest absolute Gasteiger partial charge is 0.388 e. The van der Waals surface area contributed by atoms with E-state index in [1.165, 1.54) is 5.57 Å². The molecule has 1 aromatic heterocycles. The van der Waals surface area contributed by atoms with Crippen molar-refractivity contribution in [3.05, 3.63) is 30.4 Å². The Morgan fingerprint density at radius 1 is 1.04 bits per heavy atom. The zero-order valence-electron chi connectivity index (χ0n) is 15.8. The van der Waals surface area contributed by atoms with Crippen molar-refractivity contribution in [1.82, 2.24) is 14.9 Å². The number of benzene rings is 1. The van der Waals surface area contributed by atoms with Crippen molar-refractivity contribution in [1.29, 1.82) is 0 Å². The van der Waals surface area contributed by atoms with Crippen molar-refractivity contribution < 1.29 is 0 Å². The highest BCUT2D eigenvalue weighted by Gasteiger charge is 2.22. The summed E-state index contributed by atoms with van der Waals surface area (Å²) in [5.74, 6) is 1.90. The molecule has 0 amide bonds. The molecule has 6 nitrogen and oxygen atoms in total. The number of nitrogens with zero attached hydrogens (tertiary/aromatic N) is 5. The highest BCUT2D eigenvalue weighted by molar-refractivity contribution is 5.92. The van der Waals surface area contributed by atoms with Gasteiger partial charge in [0.05, 0.1) is 5.52 Å². The third-order valence-electron chi connectivity index (χ3n) is 5.41. The van der Waals surface area contributed by atoms with E-state index in [0.717, 1.165) is 80.5 Å². The van der Waals surface area contributed by atoms with Crippen molar-refractivity contribution in [2.24, 2.45) is 0 Å². The second-order valence-corrected chi connectivity index (χ2v) is 7.39. The number of aromatic nitrogens is 2. The van der Waals surface area contributed by atoms with Crippen LogP contribution in [0.5, 0.6) is 0 Å². The van der Waals surface area contributed by atoms with Gasteiger partial charge in [0.2, 0.25) is 5.95 Å². The summed E-state index contributed by atoms with van der Waals surface area (Å²) < 4.78 is 0. The Balaban J connectivity index is 1.78. The maximum absolute atomic E-state index is 5.02. The lowest BCUT2D eigenvalue weighted by atomic mass is 10.1.